The maximum Gasteiger partial charge on any atom is 0.166 e. The molecule has 94 valence electrons. The Morgan fingerprint density at radius 2 is 1.82 bits per heavy atom. The van der Waals surface area contributed by atoms with Crippen LogP contribution in [0.25, 0.3) is 0 Å². The normalized spacial score (nSPS) is 16.1. The van der Waals surface area contributed by atoms with Gasteiger partial charge in [-0.1, -0.05) is 0 Å². The molecule has 0 saturated carbocycles. The van der Waals surface area contributed by atoms with Gasteiger partial charge in [-0.15, -0.1) is 12.4 Å². The fraction of sp³-hybridized carbons (Fsp3) is 0.462. The van der Waals surface area contributed by atoms with Crippen LogP contribution in [0.3, 0.4) is 0 Å². The number of rotatable bonds is 3. The van der Waals surface area contributed by atoms with Crippen molar-refractivity contribution in [3.05, 3.63) is 29.8 Å². The molecule has 1 aromatic carbocycles. The Bertz CT molecular complexity index is 358. The molecule has 1 heterocycles. The summed E-state index contributed by atoms with van der Waals surface area (Å²) in [4.78, 5) is 12.1. The molecule has 3 nitrogen and oxygen atoms in total. The second-order valence-electron chi connectivity index (χ2n) is 4.12. The molecule has 2 rings (SSSR count). The van der Waals surface area contributed by atoms with Crippen molar-refractivity contribution in [2.75, 3.05) is 20.2 Å². The van der Waals surface area contributed by atoms with Crippen LogP contribution in [0.4, 0.5) is 0 Å². The standard InChI is InChI=1S/C13H17NO2.ClH/c1-16-12-4-2-10(3-5-12)13(15)11-6-8-14-9-7-11;/h2-5,11,14H,6-9H2,1H3;1H. The molecule has 0 unspecified atom stereocenters. The SMILES string of the molecule is COc1ccc(C(=O)C2CCNCC2)cc1.Cl. The van der Waals surface area contributed by atoms with E-state index in [-0.39, 0.29) is 24.1 Å². The predicted octanol–water partition coefficient (Wildman–Crippen LogP) is 2.30. The summed E-state index contributed by atoms with van der Waals surface area (Å²) in [5.41, 5.74) is 0.799. The highest BCUT2D eigenvalue weighted by molar-refractivity contribution is 5.98. The van der Waals surface area contributed by atoms with Crippen LogP contribution in [-0.2, 0) is 0 Å². The number of ether oxygens (including phenoxy) is 1. The molecular weight excluding hydrogens is 238 g/mol. The average molecular weight is 256 g/mol. The van der Waals surface area contributed by atoms with Crippen molar-refractivity contribution in [3.8, 4) is 5.75 Å². The number of benzene rings is 1. The van der Waals surface area contributed by atoms with Crippen molar-refractivity contribution in [2.45, 2.75) is 12.8 Å². The minimum Gasteiger partial charge on any atom is -0.497 e. The maximum absolute atomic E-state index is 12.1. The minimum atomic E-state index is 0. The molecule has 1 aliphatic heterocycles. The Balaban J connectivity index is 0.00000144. The van der Waals surface area contributed by atoms with Crippen LogP contribution >= 0.6 is 12.4 Å². The van der Waals surface area contributed by atoms with Gasteiger partial charge in [0.25, 0.3) is 0 Å². The van der Waals surface area contributed by atoms with Gasteiger partial charge in [0.2, 0.25) is 0 Å². The quantitative estimate of drug-likeness (QED) is 0.843. The molecule has 4 heteroatoms. The highest BCUT2D eigenvalue weighted by Crippen LogP contribution is 2.20. The van der Waals surface area contributed by atoms with E-state index in [9.17, 15) is 4.79 Å². The molecule has 0 radical (unpaired) electrons. The Labute approximate surface area is 108 Å². The van der Waals surface area contributed by atoms with Crippen molar-refractivity contribution < 1.29 is 9.53 Å². The van der Waals surface area contributed by atoms with Gasteiger partial charge in [0.15, 0.2) is 5.78 Å². The molecular formula is C13H18ClNO2. The predicted molar refractivity (Wildman–Crippen MR) is 70.2 cm³/mol. The third-order valence-corrected chi connectivity index (χ3v) is 3.08. The van der Waals surface area contributed by atoms with E-state index in [0.717, 1.165) is 37.2 Å². The number of hydrogen-bond donors (Lipinski definition) is 1. The van der Waals surface area contributed by atoms with Crippen LogP contribution in [0, 0.1) is 5.92 Å². The van der Waals surface area contributed by atoms with Crippen molar-refractivity contribution >= 4 is 18.2 Å². The van der Waals surface area contributed by atoms with Crippen molar-refractivity contribution in [1.29, 1.82) is 0 Å². The van der Waals surface area contributed by atoms with Crippen molar-refractivity contribution in [2.24, 2.45) is 5.92 Å². The van der Waals surface area contributed by atoms with Crippen LogP contribution in [0.5, 0.6) is 5.75 Å². The molecule has 0 atom stereocenters. The zero-order valence-electron chi connectivity index (χ0n) is 9.94. The highest BCUT2D eigenvalue weighted by atomic mass is 35.5. The Hall–Kier alpha value is -1.06. The summed E-state index contributed by atoms with van der Waals surface area (Å²) in [5, 5.41) is 3.27. The lowest BCUT2D eigenvalue weighted by Gasteiger charge is -2.21. The third kappa shape index (κ3) is 3.45. The van der Waals surface area contributed by atoms with Gasteiger partial charge in [-0.3, -0.25) is 4.79 Å². The van der Waals surface area contributed by atoms with E-state index >= 15 is 0 Å². The Morgan fingerprint density at radius 3 is 2.35 bits per heavy atom. The summed E-state index contributed by atoms with van der Waals surface area (Å²) < 4.78 is 5.07. The smallest absolute Gasteiger partial charge is 0.166 e. The molecule has 1 saturated heterocycles. The number of halogens is 1. The first kappa shape index (κ1) is 14.0. The molecule has 0 aliphatic carbocycles. The topological polar surface area (TPSA) is 38.3 Å². The highest BCUT2D eigenvalue weighted by Gasteiger charge is 2.21. The van der Waals surface area contributed by atoms with Gasteiger partial charge in [-0.05, 0) is 50.2 Å². The molecule has 1 aromatic rings. The van der Waals surface area contributed by atoms with Crippen LogP contribution in [-0.4, -0.2) is 26.0 Å². The van der Waals surface area contributed by atoms with E-state index < -0.39 is 0 Å². The van der Waals surface area contributed by atoms with Gasteiger partial charge in [-0.25, -0.2) is 0 Å². The monoisotopic (exact) mass is 255 g/mol. The van der Waals surface area contributed by atoms with E-state index in [0.29, 0.717) is 0 Å². The van der Waals surface area contributed by atoms with E-state index in [1.807, 2.05) is 24.3 Å². The molecule has 0 aromatic heterocycles. The van der Waals surface area contributed by atoms with Crippen LogP contribution in [0.15, 0.2) is 24.3 Å². The average Bonchev–Trinajstić information content (AvgIpc) is 2.39. The Kier molecular flexibility index (Phi) is 5.45. The fourth-order valence-corrected chi connectivity index (χ4v) is 2.08. The van der Waals surface area contributed by atoms with Gasteiger partial charge in [0, 0.05) is 11.5 Å². The van der Waals surface area contributed by atoms with Crippen LogP contribution in [0.2, 0.25) is 0 Å². The second-order valence-corrected chi connectivity index (χ2v) is 4.12. The van der Waals surface area contributed by atoms with Crippen molar-refractivity contribution in [1.82, 2.24) is 5.32 Å². The molecule has 17 heavy (non-hydrogen) atoms. The summed E-state index contributed by atoms with van der Waals surface area (Å²) >= 11 is 0. The first-order chi connectivity index (χ1) is 7.81. The van der Waals surface area contributed by atoms with Gasteiger partial charge < -0.3 is 10.1 Å². The molecule has 1 N–H and O–H groups in total. The summed E-state index contributed by atoms with van der Waals surface area (Å²) in [5.74, 6) is 1.25. The number of methoxy groups -OCH3 is 1. The summed E-state index contributed by atoms with van der Waals surface area (Å²) in [6.07, 6.45) is 1.90. The zero-order valence-corrected chi connectivity index (χ0v) is 10.8. The number of hydrogen-bond acceptors (Lipinski definition) is 3. The second kappa shape index (κ2) is 6.62. The van der Waals surface area contributed by atoms with Gasteiger partial charge in [-0.2, -0.15) is 0 Å². The molecule has 0 amide bonds. The molecule has 1 aliphatic rings. The van der Waals surface area contributed by atoms with Crippen LogP contribution < -0.4 is 10.1 Å². The number of carbonyl (C=O) groups excluding carboxylic acids is 1. The Morgan fingerprint density at radius 1 is 1.24 bits per heavy atom. The zero-order chi connectivity index (χ0) is 11.4. The van der Waals surface area contributed by atoms with Gasteiger partial charge in [0.05, 0.1) is 7.11 Å². The number of carbonyl (C=O) groups is 1. The summed E-state index contributed by atoms with van der Waals surface area (Å²) in [7, 11) is 1.63. The number of piperidine rings is 1. The van der Waals surface area contributed by atoms with E-state index in [4.69, 9.17) is 4.74 Å². The first-order valence-corrected chi connectivity index (χ1v) is 5.70. The molecule has 1 fully saturated rings. The summed E-state index contributed by atoms with van der Waals surface area (Å²) in [6, 6.07) is 7.38. The van der Waals surface area contributed by atoms with E-state index in [1.54, 1.807) is 7.11 Å². The lowest BCUT2D eigenvalue weighted by molar-refractivity contribution is 0.0895. The van der Waals surface area contributed by atoms with Gasteiger partial charge in [0.1, 0.15) is 5.75 Å². The third-order valence-electron chi connectivity index (χ3n) is 3.08. The number of nitrogens with one attached hydrogen (secondary N) is 1. The van der Waals surface area contributed by atoms with E-state index in [1.165, 1.54) is 0 Å². The first-order valence-electron chi connectivity index (χ1n) is 5.70. The number of Topliss-reactive ketones (excluding diaryl/α,β-unsaturated/α-hetero) is 1. The van der Waals surface area contributed by atoms with Crippen molar-refractivity contribution in [3.63, 3.8) is 0 Å². The lowest BCUT2D eigenvalue weighted by Crippen LogP contribution is -2.31. The van der Waals surface area contributed by atoms with Crippen LogP contribution in [0.1, 0.15) is 23.2 Å². The fourth-order valence-electron chi connectivity index (χ4n) is 2.08. The van der Waals surface area contributed by atoms with E-state index in [2.05, 4.69) is 5.32 Å². The lowest BCUT2D eigenvalue weighted by atomic mass is 9.90. The summed E-state index contributed by atoms with van der Waals surface area (Å²) in [6.45, 7) is 1.90. The molecule has 0 bridgehead atoms. The minimum absolute atomic E-state index is 0. The number of ketones is 1. The maximum atomic E-state index is 12.1. The molecule has 0 spiro atoms. The van der Waals surface area contributed by atoms with Gasteiger partial charge >= 0.3 is 0 Å². The largest absolute Gasteiger partial charge is 0.497 e.